The largest absolute Gasteiger partial charge is 0.330 e. The van der Waals surface area contributed by atoms with Crippen LogP contribution in [0.15, 0.2) is 34.0 Å². The Bertz CT molecular complexity index is 1360. The molecular formula is C25H30N6O5. The predicted octanol–water partition coefficient (Wildman–Crippen LogP) is -0.791. The van der Waals surface area contributed by atoms with Gasteiger partial charge in [-0.15, -0.1) is 0 Å². The standard InChI is InChI=1S/C25H30N6O5/c1-28-11-17(23(34)29(2)25(28)36)13-30(18-8-9-26-10-18)12-15-4-3-5-16-14-31(24(35)21(15)16)19-6-7-20(32)27-22(19)33/h3-5,11,18-19,26H,6-10,12-14H2,1-2H3,(H,27,32,33). The van der Waals surface area contributed by atoms with Gasteiger partial charge in [0.1, 0.15) is 6.04 Å². The number of aryl methyl sites for hydroxylation is 1. The summed E-state index contributed by atoms with van der Waals surface area (Å²) in [6.45, 7) is 2.72. The molecule has 2 unspecified atom stereocenters. The molecule has 5 rings (SSSR count). The molecule has 11 heteroatoms. The monoisotopic (exact) mass is 494 g/mol. The minimum atomic E-state index is -0.667. The quantitative estimate of drug-likeness (QED) is 0.504. The molecule has 2 fully saturated rings. The van der Waals surface area contributed by atoms with Crippen LogP contribution in [0.5, 0.6) is 0 Å². The number of rotatable bonds is 6. The fourth-order valence-electron chi connectivity index (χ4n) is 5.52. The molecule has 36 heavy (non-hydrogen) atoms. The van der Waals surface area contributed by atoms with E-state index in [2.05, 4.69) is 15.5 Å². The molecular weight excluding hydrogens is 464 g/mol. The van der Waals surface area contributed by atoms with Crippen LogP contribution in [0.1, 0.15) is 46.3 Å². The van der Waals surface area contributed by atoms with E-state index in [4.69, 9.17) is 0 Å². The lowest BCUT2D eigenvalue weighted by Crippen LogP contribution is -2.52. The zero-order valence-corrected chi connectivity index (χ0v) is 20.5. The molecule has 2 aromatic rings. The summed E-state index contributed by atoms with van der Waals surface area (Å²) >= 11 is 0. The summed E-state index contributed by atoms with van der Waals surface area (Å²) in [5.41, 5.74) is 2.08. The summed E-state index contributed by atoms with van der Waals surface area (Å²) in [4.78, 5) is 66.3. The zero-order chi connectivity index (χ0) is 25.6. The minimum absolute atomic E-state index is 0.158. The topological polar surface area (TPSA) is 126 Å². The number of benzene rings is 1. The number of carbonyl (C=O) groups excluding carboxylic acids is 3. The van der Waals surface area contributed by atoms with Gasteiger partial charge in [-0.25, -0.2) is 4.79 Å². The normalized spacial score (nSPS) is 21.9. The van der Waals surface area contributed by atoms with Gasteiger partial charge in [0.25, 0.3) is 11.5 Å². The Balaban J connectivity index is 1.44. The number of imide groups is 1. The first kappa shape index (κ1) is 24.1. The highest BCUT2D eigenvalue weighted by Gasteiger charge is 2.40. The summed E-state index contributed by atoms with van der Waals surface area (Å²) in [5, 5.41) is 5.70. The molecule has 2 saturated heterocycles. The molecule has 4 heterocycles. The SMILES string of the molecule is Cn1cc(CN(Cc2cccc3c2C(=O)N(C2CCC(=O)NC2=O)C3)C2CCNC2)c(=O)n(C)c1=O. The van der Waals surface area contributed by atoms with E-state index in [0.717, 1.165) is 35.2 Å². The van der Waals surface area contributed by atoms with Gasteiger partial charge in [0.15, 0.2) is 0 Å². The molecule has 0 aliphatic carbocycles. The van der Waals surface area contributed by atoms with Gasteiger partial charge >= 0.3 is 5.69 Å². The molecule has 0 bridgehead atoms. The van der Waals surface area contributed by atoms with Crippen molar-refractivity contribution in [2.24, 2.45) is 14.1 Å². The van der Waals surface area contributed by atoms with E-state index >= 15 is 0 Å². The molecule has 3 amide bonds. The van der Waals surface area contributed by atoms with Crippen molar-refractivity contribution >= 4 is 17.7 Å². The maximum Gasteiger partial charge on any atom is 0.330 e. The number of fused-ring (bicyclic) bond motifs is 1. The van der Waals surface area contributed by atoms with Gasteiger partial charge in [-0.3, -0.25) is 34.0 Å². The first-order valence-corrected chi connectivity index (χ1v) is 12.2. The van der Waals surface area contributed by atoms with Crippen LogP contribution in [0.25, 0.3) is 0 Å². The van der Waals surface area contributed by atoms with E-state index in [-0.39, 0.29) is 35.5 Å². The van der Waals surface area contributed by atoms with Crippen molar-refractivity contribution in [1.29, 1.82) is 0 Å². The van der Waals surface area contributed by atoms with E-state index in [0.29, 0.717) is 37.2 Å². The Kier molecular flexibility index (Phi) is 6.35. The summed E-state index contributed by atoms with van der Waals surface area (Å²) in [5.74, 6) is -0.956. The van der Waals surface area contributed by atoms with Gasteiger partial charge in [-0.05, 0) is 30.5 Å². The average Bonchev–Trinajstić information content (AvgIpc) is 3.50. The van der Waals surface area contributed by atoms with Gasteiger partial charge in [0, 0.05) is 70.1 Å². The van der Waals surface area contributed by atoms with Crippen LogP contribution in [0, 0.1) is 0 Å². The zero-order valence-electron chi connectivity index (χ0n) is 20.5. The van der Waals surface area contributed by atoms with Crippen LogP contribution >= 0.6 is 0 Å². The van der Waals surface area contributed by atoms with E-state index in [1.54, 1.807) is 18.1 Å². The van der Waals surface area contributed by atoms with Crippen molar-refractivity contribution in [1.82, 2.24) is 29.6 Å². The number of nitrogens with one attached hydrogen (secondary N) is 2. The lowest BCUT2D eigenvalue weighted by Gasteiger charge is -2.30. The maximum atomic E-state index is 13.5. The molecule has 11 nitrogen and oxygen atoms in total. The highest BCUT2D eigenvalue weighted by Crippen LogP contribution is 2.31. The van der Waals surface area contributed by atoms with E-state index in [1.165, 1.54) is 11.6 Å². The molecule has 1 aromatic heterocycles. The fraction of sp³-hybridized carbons (Fsp3) is 0.480. The Labute approximate surface area is 207 Å². The van der Waals surface area contributed by atoms with Gasteiger partial charge in [0.2, 0.25) is 11.8 Å². The van der Waals surface area contributed by atoms with Crippen LogP contribution in [0.4, 0.5) is 0 Å². The van der Waals surface area contributed by atoms with Gasteiger partial charge < -0.3 is 14.8 Å². The Morgan fingerprint density at radius 2 is 1.81 bits per heavy atom. The number of amides is 3. The molecule has 1 aromatic carbocycles. The number of carbonyl (C=O) groups is 3. The maximum absolute atomic E-state index is 13.5. The first-order chi connectivity index (χ1) is 17.2. The van der Waals surface area contributed by atoms with Crippen molar-refractivity contribution in [2.75, 3.05) is 13.1 Å². The van der Waals surface area contributed by atoms with Gasteiger partial charge in [0.05, 0.1) is 0 Å². The van der Waals surface area contributed by atoms with Crippen molar-refractivity contribution in [3.63, 3.8) is 0 Å². The van der Waals surface area contributed by atoms with Gasteiger partial charge in [-0.1, -0.05) is 18.2 Å². The number of hydrogen-bond donors (Lipinski definition) is 2. The van der Waals surface area contributed by atoms with Crippen molar-refractivity contribution < 1.29 is 14.4 Å². The third kappa shape index (κ3) is 4.28. The number of piperidine rings is 1. The third-order valence-electron chi connectivity index (χ3n) is 7.45. The molecule has 3 aliphatic rings. The predicted molar refractivity (Wildman–Crippen MR) is 130 cm³/mol. The number of hydrogen-bond acceptors (Lipinski definition) is 7. The summed E-state index contributed by atoms with van der Waals surface area (Å²) in [6, 6.07) is 5.21. The molecule has 2 N–H and O–H groups in total. The molecule has 3 aliphatic heterocycles. The van der Waals surface area contributed by atoms with E-state index < -0.39 is 11.9 Å². The summed E-state index contributed by atoms with van der Waals surface area (Å²) in [6.07, 6.45) is 3.01. The van der Waals surface area contributed by atoms with Crippen LogP contribution in [-0.2, 0) is 43.3 Å². The fourth-order valence-corrected chi connectivity index (χ4v) is 5.52. The van der Waals surface area contributed by atoms with Crippen LogP contribution in [0.3, 0.4) is 0 Å². The number of aromatic nitrogens is 2. The smallest absolute Gasteiger partial charge is 0.322 e. The Hall–Kier alpha value is -3.57. The van der Waals surface area contributed by atoms with E-state index in [1.807, 2.05) is 18.2 Å². The number of nitrogens with zero attached hydrogens (tertiary/aromatic N) is 4. The Morgan fingerprint density at radius 1 is 1.03 bits per heavy atom. The summed E-state index contributed by atoms with van der Waals surface area (Å²) in [7, 11) is 3.10. The van der Waals surface area contributed by atoms with Crippen molar-refractivity contribution in [3.8, 4) is 0 Å². The molecule has 0 saturated carbocycles. The van der Waals surface area contributed by atoms with Gasteiger partial charge in [-0.2, -0.15) is 0 Å². The van der Waals surface area contributed by atoms with Crippen LogP contribution in [-0.4, -0.2) is 61.8 Å². The summed E-state index contributed by atoms with van der Waals surface area (Å²) < 4.78 is 2.52. The van der Waals surface area contributed by atoms with E-state index in [9.17, 15) is 24.0 Å². The van der Waals surface area contributed by atoms with Crippen molar-refractivity contribution in [3.05, 3.63) is 67.5 Å². The third-order valence-corrected chi connectivity index (χ3v) is 7.45. The van der Waals surface area contributed by atoms with Crippen molar-refractivity contribution in [2.45, 2.75) is 51.0 Å². The average molecular weight is 495 g/mol. The Morgan fingerprint density at radius 3 is 2.53 bits per heavy atom. The second kappa shape index (κ2) is 9.47. The molecule has 2 atom stereocenters. The first-order valence-electron chi connectivity index (χ1n) is 12.2. The second-order valence-electron chi connectivity index (χ2n) is 9.81. The molecule has 0 spiro atoms. The minimum Gasteiger partial charge on any atom is -0.322 e. The van der Waals surface area contributed by atoms with Crippen LogP contribution < -0.4 is 21.9 Å². The lowest BCUT2D eigenvalue weighted by molar-refractivity contribution is -0.136. The highest BCUT2D eigenvalue weighted by molar-refractivity contribution is 6.06. The molecule has 190 valence electrons. The molecule has 0 radical (unpaired) electrons. The highest BCUT2D eigenvalue weighted by atomic mass is 16.2. The second-order valence-corrected chi connectivity index (χ2v) is 9.81. The lowest BCUT2D eigenvalue weighted by atomic mass is 10.0. The van der Waals surface area contributed by atoms with Crippen LogP contribution in [0.2, 0.25) is 0 Å².